The molecule has 0 radical (unpaired) electrons. The van der Waals surface area contributed by atoms with Gasteiger partial charge in [0.05, 0.1) is 0 Å². The van der Waals surface area contributed by atoms with Crippen molar-refractivity contribution < 1.29 is 17.2 Å². The van der Waals surface area contributed by atoms with Crippen molar-refractivity contribution in [2.45, 2.75) is 23.8 Å². The average molecular weight is 309 g/mol. The standard InChI is InChI=1S/C15H13F2NO2S/c16-11-6-7-12-10(9-11)5-8-14(12)18-21(19,20)15-4-2-1-3-13(15)17/h1-4,6-7,9,14,18H,5,8H2. The van der Waals surface area contributed by atoms with Gasteiger partial charge in [-0.3, -0.25) is 0 Å². The Labute approximate surface area is 121 Å². The van der Waals surface area contributed by atoms with Crippen molar-refractivity contribution in [3.63, 3.8) is 0 Å². The molecule has 0 saturated carbocycles. The summed E-state index contributed by atoms with van der Waals surface area (Å²) in [5.41, 5.74) is 1.53. The summed E-state index contributed by atoms with van der Waals surface area (Å²) in [7, 11) is -3.95. The Morgan fingerprint density at radius 3 is 2.62 bits per heavy atom. The first kappa shape index (κ1) is 14.2. The van der Waals surface area contributed by atoms with Gasteiger partial charge in [-0.25, -0.2) is 21.9 Å². The number of benzene rings is 2. The number of aryl methyl sites for hydroxylation is 1. The molecule has 1 N–H and O–H groups in total. The second-order valence-corrected chi connectivity index (χ2v) is 6.67. The Balaban J connectivity index is 1.91. The summed E-state index contributed by atoms with van der Waals surface area (Å²) in [6, 6.07) is 9.06. The lowest BCUT2D eigenvalue weighted by atomic mass is 10.1. The molecule has 1 aliphatic rings. The molecule has 6 heteroatoms. The Morgan fingerprint density at radius 1 is 1.10 bits per heavy atom. The number of sulfonamides is 1. The summed E-state index contributed by atoms with van der Waals surface area (Å²) in [5.74, 6) is -1.13. The van der Waals surface area contributed by atoms with Crippen LogP contribution in [0.2, 0.25) is 0 Å². The lowest BCUT2D eigenvalue weighted by molar-refractivity contribution is 0.538. The summed E-state index contributed by atoms with van der Waals surface area (Å²) in [6.45, 7) is 0. The third-order valence-corrected chi connectivity index (χ3v) is 5.11. The van der Waals surface area contributed by atoms with Gasteiger partial charge in [0.2, 0.25) is 10.0 Å². The highest BCUT2D eigenvalue weighted by atomic mass is 32.2. The van der Waals surface area contributed by atoms with Crippen LogP contribution in [0.15, 0.2) is 47.4 Å². The van der Waals surface area contributed by atoms with E-state index in [1.165, 1.54) is 30.3 Å². The number of hydrogen-bond acceptors (Lipinski definition) is 2. The van der Waals surface area contributed by atoms with E-state index in [0.29, 0.717) is 12.8 Å². The second kappa shape index (κ2) is 5.20. The predicted octanol–water partition coefficient (Wildman–Crippen LogP) is 2.93. The predicted molar refractivity (Wildman–Crippen MR) is 74.2 cm³/mol. The lowest BCUT2D eigenvalue weighted by Gasteiger charge is -2.15. The fourth-order valence-corrected chi connectivity index (χ4v) is 3.95. The van der Waals surface area contributed by atoms with E-state index in [9.17, 15) is 17.2 Å². The molecule has 2 aromatic carbocycles. The number of fused-ring (bicyclic) bond motifs is 1. The van der Waals surface area contributed by atoms with Crippen LogP contribution >= 0.6 is 0 Å². The largest absolute Gasteiger partial charge is 0.244 e. The summed E-state index contributed by atoms with van der Waals surface area (Å²) in [4.78, 5) is -0.374. The van der Waals surface area contributed by atoms with Crippen molar-refractivity contribution in [3.8, 4) is 0 Å². The van der Waals surface area contributed by atoms with Crippen LogP contribution in [0, 0.1) is 11.6 Å². The van der Waals surface area contributed by atoms with Crippen LogP contribution in [0.25, 0.3) is 0 Å². The van der Waals surface area contributed by atoms with Gasteiger partial charge in [-0.1, -0.05) is 18.2 Å². The molecule has 1 aliphatic carbocycles. The van der Waals surface area contributed by atoms with Gasteiger partial charge in [0.1, 0.15) is 16.5 Å². The number of nitrogens with one attached hydrogen (secondary N) is 1. The molecule has 1 atom stereocenters. The third kappa shape index (κ3) is 2.69. The van der Waals surface area contributed by atoms with Crippen LogP contribution in [0.4, 0.5) is 8.78 Å². The Bertz CT molecular complexity index is 790. The number of hydrogen-bond donors (Lipinski definition) is 1. The van der Waals surface area contributed by atoms with E-state index in [2.05, 4.69) is 4.72 Å². The molecule has 3 rings (SSSR count). The Hall–Kier alpha value is -1.79. The highest BCUT2D eigenvalue weighted by Crippen LogP contribution is 2.32. The zero-order valence-electron chi connectivity index (χ0n) is 11.0. The number of rotatable bonds is 3. The Morgan fingerprint density at radius 2 is 1.86 bits per heavy atom. The molecule has 21 heavy (non-hydrogen) atoms. The highest BCUT2D eigenvalue weighted by Gasteiger charge is 2.28. The van der Waals surface area contributed by atoms with E-state index in [-0.39, 0.29) is 10.7 Å². The van der Waals surface area contributed by atoms with E-state index in [4.69, 9.17) is 0 Å². The lowest BCUT2D eigenvalue weighted by Crippen LogP contribution is -2.28. The molecule has 2 aromatic rings. The van der Waals surface area contributed by atoms with E-state index in [0.717, 1.165) is 17.2 Å². The van der Waals surface area contributed by atoms with Crippen molar-refractivity contribution in [1.82, 2.24) is 4.72 Å². The van der Waals surface area contributed by atoms with Crippen molar-refractivity contribution in [2.24, 2.45) is 0 Å². The van der Waals surface area contributed by atoms with Gasteiger partial charge < -0.3 is 0 Å². The van der Waals surface area contributed by atoms with Crippen molar-refractivity contribution in [2.75, 3.05) is 0 Å². The third-order valence-electron chi connectivity index (χ3n) is 3.61. The maximum Gasteiger partial charge on any atom is 0.244 e. The zero-order valence-corrected chi connectivity index (χ0v) is 11.8. The molecule has 0 saturated heterocycles. The van der Waals surface area contributed by atoms with E-state index in [1.807, 2.05) is 0 Å². The maximum absolute atomic E-state index is 13.6. The molecule has 110 valence electrons. The minimum absolute atomic E-state index is 0.341. The molecule has 0 aliphatic heterocycles. The summed E-state index contributed by atoms with van der Waals surface area (Å²) in [5, 5.41) is 0. The van der Waals surface area contributed by atoms with E-state index < -0.39 is 21.9 Å². The molecule has 0 amide bonds. The molecule has 0 fully saturated rings. The van der Waals surface area contributed by atoms with Crippen LogP contribution in [-0.2, 0) is 16.4 Å². The van der Waals surface area contributed by atoms with Crippen molar-refractivity contribution in [1.29, 1.82) is 0 Å². The van der Waals surface area contributed by atoms with Gasteiger partial charge >= 0.3 is 0 Å². The minimum atomic E-state index is -3.95. The molecule has 0 heterocycles. The van der Waals surface area contributed by atoms with E-state index >= 15 is 0 Å². The molecular formula is C15H13F2NO2S. The monoisotopic (exact) mass is 309 g/mol. The molecule has 0 bridgehead atoms. The quantitative estimate of drug-likeness (QED) is 0.947. The van der Waals surface area contributed by atoms with Crippen LogP contribution in [0.5, 0.6) is 0 Å². The summed E-state index contributed by atoms with van der Waals surface area (Å²) >= 11 is 0. The highest BCUT2D eigenvalue weighted by molar-refractivity contribution is 7.89. The molecule has 0 aromatic heterocycles. The SMILES string of the molecule is O=S(=O)(NC1CCc2cc(F)ccc21)c1ccccc1F. The zero-order chi connectivity index (χ0) is 15.0. The fourth-order valence-electron chi connectivity index (χ4n) is 2.62. The Kier molecular flexibility index (Phi) is 3.51. The first-order chi connectivity index (χ1) is 9.97. The van der Waals surface area contributed by atoms with Crippen LogP contribution in [0.1, 0.15) is 23.6 Å². The van der Waals surface area contributed by atoms with Gasteiger partial charge in [-0.2, -0.15) is 0 Å². The normalized spacial score (nSPS) is 17.7. The smallest absolute Gasteiger partial charge is 0.207 e. The fraction of sp³-hybridized carbons (Fsp3) is 0.200. The van der Waals surface area contributed by atoms with E-state index in [1.54, 1.807) is 6.07 Å². The number of halogens is 2. The van der Waals surface area contributed by atoms with Gasteiger partial charge in [0.15, 0.2) is 0 Å². The topological polar surface area (TPSA) is 46.2 Å². The van der Waals surface area contributed by atoms with Gasteiger partial charge in [0, 0.05) is 6.04 Å². The minimum Gasteiger partial charge on any atom is -0.207 e. The van der Waals surface area contributed by atoms with Crippen molar-refractivity contribution >= 4 is 10.0 Å². The summed E-state index contributed by atoms with van der Waals surface area (Å²) < 4.78 is 53.8. The second-order valence-electron chi connectivity index (χ2n) is 4.99. The molecular weight excluding hydrogens is 296 g/mol. The first-order valence-electron chi connectivity index (χ1n) is 6.52. The maximum atomic E-state index is 13.6. The van der Waals surface area contributed by atoms with Gasteiger partial charge in [-0.05, 0) is 48.2 Å². The summed E-state index contributed by atoms with van der Waals surface area (Å²) in [6.07, 6.45) is 1.13. The first-order valence-corrected chi connectivity index (χ1v) is 8.01. The van der Waals surface area contributed by atoms with Crippen LogP contribution < -0.4 is 4.72 Å². The van der Waals surface area contributed by atoms with Gasteiger partial charge in [-0.15, -0.1) is 0 Å². The van der Waals surface area contributed by atoms with Gasteiger partial charge in [0.25, 0.3) is 0 Å². The van der Waals surface area contributed by atoms with Crippen molar-refractivity contribution in [3.05, 3.63) is 65.2 Å². The van der Waals surface area contributed by atoms with Crippen LogP contribution in [0.3, 0.4) is 0 Å². The molecule has 1 unspecified atom stereocenters. The van der Waals surface area contributed by atoms with Crippen LogP contribution in [-0.4, -0.2) is 8.42 Å². The molecule has 3 nitrogen and oxygen atoms in total. The molecule has 0 spiro atoms. The average Bonchev–Trinajstić information content (AvgIpc) is 2.80.